The molecule has 12 nitrogen and oxygen atoms in total. The second kappa shape index (κ2) is 12.3. The summed E-state index contributed by atoms with van der Waals surface area (Å²) in [6, 6.07) is -3.42. The van der Waals surface area contributed by atoms with E-state index in [-0.39, 0.29) is 43.5 Å². The molecule has 0 saturated carbocycles. The predicted molar refractivity (Wildman–Crippen MR) is 120 cm³/mol. The summed E-state index contributed by atoms with van der Waals surface area (Å²) in [5.74, 6) is -3.53. The molecule has 2 aliphatic heterocycles. The van der Waals surface area contributed by atoms with Gasteiger partial charge in [-0.25, -0.2) is 0 Å². The van der Waals surface area contributed by atoms with Crippen LogP contribution in [0.15, 0.2) is 0 Å². The third-order valence-electron chi connectivity index (χ3n) is 6.01. The minimum absolute atomic E-state index is 0.150. The maximum Gasteiger partial charge on any atom is 0.303 e. The van der Waals surface area contributed by atoms with Gasteiger partial charge in [0.25, 0.3) is 0 Å². The number of nitrogens with zero attached hydrogens (tertiary/aromatic N) is 1. The first kappa shape index (κ1) is 27.1. The van der Waals surface area contributed by atoms with Crippen molar-refractivity contribution in [3.05, 3.63) is 0 Å². The summed E-state index contributed by atoms with van der Waals surface area (Å²) in [6.07, 6.45) is 1.21. The van der Waals surface area contributed by atoms with E-state index in [4.69, 9.17) is 5.11 Å². The van der Waals surface area contributed by atoms with Crippen molar-refractivity contribution in [3.63, 3.8) is 0 Å². The lowest BCUT2D eigenvalue weighted by atomic mass is 10.0. The fraction of sp³-hybridized carbons (Fsp3) is 0.727. The van der Waals surface area contributed by atoms with E-state index in [1.807, 2.05) is 0 Å². The van der Waals surface area contributed by atoms with Crippen molar-refractivity contribution in [1.29, 1.82) is 0 Å². The molecule has 0 aromatic heterocycles. The summed E-state index contributed by atoms with van der Waals surface area (Å²) in [6.45, 7) is 5.68. The molecule has 0 aromatic rings. The van der Waals surface area contributed by atoms with Crippen LogP contribution in [0.2, 0.25) is 0 Å². The number of carbonyl (C=O) groups is 6. The molecule has 2 rings (SSSR count). The van der Waals surface area contributed by atoms with Gasteiger partial charge in [-0.15, -0.1) is 0 Å². The smallest absolute Gasteiger partial charge is 0.303 e. The third-order valence-corrected chi connectivity index (χ3v) is 6.01. The quantitative estimate of drug-likeness (QED) is 0.273. The molecule has 4 atom stereocenters. The molecule has 0 bridgehead atoms. The number of aliphatic carboxylic acids is 1. The third kappa shape index (κ3) is 7.42. The number of rotatable bonds is 8. The van der Waals surface area contributed by atoms with E-state index in [1.165, 1.54) is 11.8 Å². The largest absolute Gasteiger partial charge is 0.481 e. The van der Waals surface area contributed by atoms with Gasteiger partial charge in [-0.2, -0.15) is 0 Å². The van der Waals surface area contributed by atoms with Gasteiger partial charge in [0.1, 0.15) is 24.2 Å². The lowest BCUT2D eigenvalue weighted by Gasteiger charge is -2.32. The number of hydrogen-bond acceptors (Lipinski definition) is 6. The Kier molecular flexibility index (Phi) is 9.82. The number of carboxylic acids is 1. The molecular weight excluding hydrogens is 446 g/mol. The van der Waals surface area contributed by atoms with E-state index in [2.05, 4.69) is 21.3 Å². The monoisotopic (exact) mass is 481 g/mol. The van der Waals surface area contributed by atoms with E-state index < -0.39 is 47.9 Å². The summed E-state index contributed by atoms with van der Waals surface area (Å²) in [7, 11) is 0. The molecule has 5 amide bonds. The molecular formula is C22H35N5O7. The van der Waals surface area contributed by atoms with Gasteiger partial charge >= 0.3 is 5.97 Å². The number of fused-ring (bicyclic) bond motifs is 1. The summed E-state index contributed by atoms with van der Waals surface area (Å²) < 4.78 is 0. The number of carboxylic acid groups (broad SMARTS) is 1. The van der Waals surface area contributed by atoms with Gasteiger partial charge in [-0.05, 0) is 38.5 Å². The molecule has 34 heavy (non-hydrogen) atoms. The zero-order valence-corrected chi connectivity index (χ0v) is 19.9. The highest BCUT2D eigenvalue weighted by Crippen LogP contribution is 2.20. The topological polar surface area (TPSA) is 174 Å². The summed E-state index contributed by atoms with van der Waals surface area (Å²) in [5.41, 5.74) is 0. The van der Waals surface area contributed by atoms with Crippen molar-refractivity contribution in [2.24, 2.45) is 5.92 Å². The van der Waals surface area contributed by atoms with E-state index in [1.54, 1.807) is 13.8 Å². The molecule has 0 unspecified atom stereocenters. The van der Waals surface area contributed by atoms with Crippen LogP contribution in [0.25, 0.3) is 0 Å². The molecule has 0 spiro atoms. The Morgan fingerprint density at radius 2 is 1.76 bits per heavy atom. The van der Waals surface area contributed by atoms with Crippen molar-refractivity contribution in [3.8, 4) is 0 Å². The minimum Gasteiger partial charge on any atom is -0.481 e. The lowest BCUT2D eigenvalue weighted by Crippen LogP contribution is -2.61. The molecule has 2 saturated heterocycles. The maximum atomic E-state index is 13.0. The molecule has 0 aromatic carbocycles. The van der Waals surface area contributed by atoms with Crippen LogP contribution in [0.5, 0.6) is 0 Å². The van der Waals surface area contributed by atoms with Crippen LogP contribution in [0.3, 0.4) is 0 Å². The van der Waals surface area contributed by atoms with Gasteiger partial charge in [0.05, 0.1) is 6.42 Å². The first-order valence-electron chi connectivity index (χ1n) is 11.7. The van der Waals surface area contributed by atoms with Crippen LogP contribution in [0.4, 0.5) is 0 Å². The Balaban J connectivity index is 2.11. The van der Waals surface area contributed by atoms with Crippen molar-refractivity contribution in [2.75, 3.05) is 13.1 Å². The number of nitrogens with one attached hydrogen (secondary N) is 4. The van der Waals surface area contributed by atoms with Crippen LogP contribution < -0.4 is 21.3 Å². The fourth-order valence-electron chi connectivity index (χ4n) is 4.09. The van der Waals surface area contributed by atoms with Crippen LogP contribution in [-0.2, 0) is 28.8 Å². The molecule has 0 radical (unpaired) electrons. The van der Waals surface area contributed by atoms with Crippen LogP contribution >= 0.6 is 0 Å². The minimum atomic E-state index is -1.07. The molecule has 2 aliphatic rings. The van der Waals surface area contributed by atoms with Gasteiger partial charge in [0.2, 0.25) is 29.5 Å². The Labute approximate surface area is 198 Å². The number of carbonyl (C=O) groups excluding carboxylic acids is 5. The number of amides is 5. The Hall–Kier alpha value is -3.18. The first-order chi connectivity index (χ1) is 16.0. The van der Waals surface area contributed by atoms with Crippen molar-refractivity contribution in [2.45, 2.75) is 83.5 Å². The molecule has 5 N–H and O–H groups in total. The van der Waals surface area contributed by atoms with Gasteiger partial charge in [0, 0.05) is 19.5 Å². The zero-order chi connectivity index (χ0) is 25.4. The average Bonchev–Trinajstić information content (AvgIpc) is 3.26. The first-order valence-corrected chi connectivity index (χ1v) is 11.7. The van der Waals surface area contributed by atoms with E-state index in [0.29, 0.717) is 25.8 Å². The normalized spacial score (nSPS) is 26.1. The number of hydrogen-bond donors (Lipinski definition) is 5. The van der Waals surface area contributed by atoms with Crippen LogP contribution in [0, 0.1) is 5.92 Å². The lowest BCUT2D eigenvalue weighted by molar-refractivity contribution is -0.143. The molecule has 2 heterocycles. The van der Waals surface area contributed by atoms with Gasteiger partial charge in [-0.1, -0.05) is 13.8 Å². The Bertz CT molecular complexity index is 815. The van der Waals surface area contributed by atoms with Gasteiger partial charge < -0.3 is 31.3 Å². The average molecular weight is 482 g/mol. The molecule has 2 fully saturated rings. The van der Waals surface area contributed by atoms with E-state index >= 15 is 0 Å². The fourth-order valence-corrected chi connectivity index (χ4v) is 4.09. The van der Waals surface area contributed by atoms with Crippen molar-refractivity contribution < 1.29 is 33.9 Å². The molecule has 190 valence electrons. The molecule has 12 heteroatoms. The van der Waals surface area contributed by atoms with Crippen LogP contribution in [0.1, 0.15) is 59.3 Å². The summed E-state index contributed by atoms with van der Waals surface area (Å²) >= 11 is 0. The van der Waals surface area contributed by atoms with E-state index in [0.717, 1.165) is 0 Å². The summed E-state index contributed by atoms with van der Waals surface area (Å²) in [5, 5.41) is 19.3. The van der Waals surface area contributed by atoms with Gasteiger partial charge in [0.15, 0.2) is 0 Å². The van der Waals surface area contributed by atoms with Crippen LogP contribution in [-0.4, -0.2) is 82.8 Å². The highest BCUT2D eigenvalue weighted by Gasteiger charge is 2.39. The SMILES string of the molecule is CC(C)[C@@H]1NC(=O)[C@@H]2CCCN2C(=O)[C@H](C)NC(=O)[C@H](CCCNC(=O)CCC(=O)O)NC1=O. The highest BCUT2D eigenvalue weighted by molar-refractivity contribution is 5.97. The standard InChI is InChI=1S/C22H35N5O7/c1-12(2)18-21(33)25-14(6-4-10-23-16(28)8-9-17(29)30)19(31)24-13(3)22(34)27-11-5-7-15(27)20(32)26-18/h12-15,18H,4-11H2,1-3H3,(H,23,28)(H,24,31)(H,25,33)(H,26,32)(H,29,30)/t13-,14-,15-,18-/m0/s1. The van der Waals surface area contributed by atoms with Crippen molar-refractivity contribution >= 4 is 35.5 Å². The second-order valence-corrected chi connectivity index (χ2v) is 9.10. The maximum absolute atomic E-state index is 13.0. The van der Waals surface area contributed by atoms with Crippen molar-refractivity contribution in [1.82, 2.24) is 26.2 Å². The van der Waals surface area contributed by atoms with Gasteiger partial charge in [-0.3, -0.25) is 28.8 Å². The summed E-state index contributed by atoms with van der Waals surface area (Å²) in [4.78, 5) is 75.4. The predicted octanol–water partition coefficient (Wildman–Crippen LogP) is -1.12. The highest BCUT2D eigenvalue weighted by atomic mass is 16.4. The Morgan fingerprint density at radius 1 is 1.06 bits per heavy atom. The second-order valence-electron chi connectivity index (χ2n) is 9.10. The Morgan fingerprint density at radius 3 is 2.41 bits per heavy atom. The van der Waals surface area contributed by atoms with E-state index in [9.17, 15) is 28.8 Å². The molecule has 0 aliphatic carbocycles. The zero-order valence-electron chi connectivity index (χ0n) is 19.9.